The van der Waals surface area contributed by atoms with Crippen molar-refractivity contribution in [2.75, 3.05) is 6.61 Å². The molecule has 0 bridgehead atoms. The van der Waals surface area contributed by atoms with Crippen LogP contribution in [0.2, 0.25) is 0 Å². The monoisotopic (exact) mass is 229 g/mol. The average Bonchev–Trinajstić information content (AvgIpc) is 2.63. The summed E-state index contributed by atoms with van der Waals surface area (Å²) in [5, 5.41) is 11.6. The van der Waals surface area contributed by atoms with E-state index < -0.39 is 23.5 Å². The second kappa shape index (κ2) is 4.82. The van der Waals surface area contributed by atoms with Crippen LogP contribution in [0.5, 0.6) is 0 Å². The lowest BCUT2D eigenvalue weighted by Gasteiger charge is -2.28. The summed E-state index contributed by atoms with van der Waals surface area (Å²) in [5.74, 6) is -1.33. The van der Waals surface area contributed by atoms with Gasteiger partial charge in [0.15, 0.2) is 0 Å². The Labute approximate surface area is 95.2 Å². The summed E-state index contributed by atoms with van der Waals surface area (Å²) in [4.78, 5) is 22.7. The van der Waals surface area contributed by atoms with E-state index in [1.165, 1.54) is 0 Å². The first kappa shape index (κ1) is 13.0. The molecule has 0 aromatic carbocycles. The summed E-state index contributed by atoms with van der Waals surface area (Å²) < 4.78 is 5.20. The number of carbonyl (C=O) groups is 2. The normalized spacial score (nSPS) is 22.8. The molecular formula is C11H19NO4. The molecule has 0 radical (unpaired) electrons. The van der Waals surface area contributed by atoms with Crippen LogP contribution >= 0.6 is 0 Å². The van der Waals surface area contributed by atoms with Gasteiger partial charge in [-0.1, -0.05) is 20.8 Å². The number of ether oxygens (including phenoxy) is 1. The maximum atomic E-state index is 11.7. The minimum absolute atomic E-state index is 0.320. The predicted molar refractivity (Wildman–Crippen MR) is 58.0 cm³/mol. The van der Waals surface area contributed by atoms with Gasteiger partial charge in [0, 0.05) is 6.61 Å². The quantitative estimate of drug-likeness (QED) is 0.750. The number of amides is 1. The van der Waals surface area contributed by atoms with E-state index in [4.69, 9.17) is 9.84 Å². The molecule has 2 N–H and O–H groups in total. The summed E-state index contributed by atoms with van der Waals surface area (Å²) in [6.45, 7) is 5.91. The average molecular weight is 229 g/mol. The van der Waals surface area contributed by atoms with E-state index in [0.717, 1.165) is 6.42 Å². The van der Waals surface area contributed by atoms with E-state index in [1.807, 2.05) is 0 Å². The highest BCUT2D eigenvalue weighted by Crippen LogP contribution is 2.20. The predicted octanol–water partition coefficient (Wildman–Crippen LogP) is 0.781. The molecule has 1 heterocycles. The standard InChI is InChI=1S/C11H19NO4/c1-11(2,3)8(10(14)15)12-9(13)7-5-4-6-16-7/h7-8H,4-6H2,1-3H3,(H,12,13)(H,14,15)/t7-,8-/m1/s1. The zero-order valence-electron chi connectivity index (χ0n) is 9.95. The van der Waals surface area contributed by atoms with Gasteiger partial charge < -0.3 is 15.2 Å². The highest BCUT2D eigenvalue weighted by molar-refractivity contribution is 5.86. The molecule has 0 aromatic heterocycles. The Morgan fingerprint density at radius 1 is 1.44 bits per heavy atom. The zero-order chi connectivity index (χ0) is 12.3. The van der Waals surface area contributed by atoms with Crippen molar-refractivity contribution in [1.82, 2.24) is 5.32 Å². The minimum atomic E-state index is -1.01. The van der Waals surface area contributed by atoms with Crippen molar-refractivity contribution >= 4 is 11.9 Å². The van der Waals surface area contributed by atoms with Crippen LogP contribution in [0.3, 0.4) is 0 Å². The summed E-state index contributed by atoms with van der Waals surface area (Å²) in [5.41, 5.74) is -0.514. The van der Waals surface area contributed by atoms with Gasteiger partial charge in [-0.15, -0.1) is 0 Å². The van der Waals surface area contributed by atoms with Crippen LogP contribution in [0, 0.1) is 5.41 Å². The Morgan fingerprint density at radius 3 is 2.44 bits per heavy atom. The van der Waals surface area contributed by atoms with Gasteiger partial charge in [0.05, 0.1) is 0 Å². The Kier molecular flexibility index (Phi) is 3.91. The maximum absolute atomic E-state index is 11.7. The van der Waals surface area contributed by atoms with Crippen molar-refractivity contribution in [3.05, 3.63) is 0 Å². The molecule has 0 spiro atoms. The highest BCUT2D eigenvalue weighted by atomic mass is 16.5. The van der Waals surface area contributed by atoms with Crippen LogP contribution in [-0.4, -0.2) is 35.7 Å². The van der Waals surface area contributed by atoms with Gasteiger partial charge in [0.2, 0.25) is 5.91 Å². The fraction of sp³-hybridized carbons (Fsp3) is 0.818. The lowest BCUT2D eigenvalue weighted by molar-refractivity contribution is -0.146. The molecule has 92 valence electrons. The van der Waals surface area contributed by atoms with Gasteiger partial charge >= 0.3 is 5.97 Å². The number of carbonyl (C=O) groups excluding carboxylic acids is 1. The number of hydrogen-bond donors (Lipinski definition) is 2. The minimum Gasteiger partial charge on any atom is -0.480 e. The summed E-state index contributed by atoms with van der Waals surface area (Å²) >= 11 is 0. The second-order valence-corrected chi connectivity index (χ2v) is 5.15. The molecule has 0 aliphatic carbocycles. The molecule has 1 aliphatic rings. The molecule has 0 unspecified atom stereocenters. The number of nitrogens with one attached hydrogen (secondary N) is 1. The van der Waals surface area contributed by atoms with E-state index in [1.54, 1.807) is 20.8 Å². The first-order chi connectivity index (χ1) is 7.32. The summed E-state index contributed by atoms with van der Waals surface area (Å²) in [6, 6.07) is -0.885. The van der Waals surface area contributed by atoms with E-state index >= 15 is 0 Å². The maximum Gasteiger partial charge on any atom is 0.326 e. The van der Waals surface area contributed by atoms with Crippen molar-refractivity contribution in [3.63, 3.8) is 0 Å². The molecule has 0 saturated carbocycles. The number of hydrogen-bond acceptors (Lipinski definition) is 3. The summed E-state index contributed by atoms with van der Waals surface area (Å²) in [6.07, 6.45) is 1.04. The van der Waals surface area contributed by atoms with Gasteiger partial charge in [-0.25, -0.2) is 4.79 Å². The third kappa shape index (κ3) is 3.20. The SMILES string of the molecule is CC(C)(C)[C@H](NC(=O)[C@H]1CCCO1)C(=O)O. The topological polar surface area (TPSA) is 75.6 Å². The fourth-order valence-electron chi connectivity index (χ4n) is 1.67. The molecule has 1 aliphatic heterocycles. The van der Waals surface area contributed by atoms with Gasteiger partial charge in [-0.3, -0.25) is 4.79 Å². The van der Waals surface area contributed by atoms with Gasteiger partial charge in [-0.2, -0.15) is 0 Å². The molecule has 16 heavy (non-hydrogen) atoms. The Balaban J connectivity index is 2.61. The van der Waals surface area contributed by atoms with Crippen LogP contribution in [-0.2, 0) is 14.3 Å². The number of aliphatic carboxylic acids is 1. The van der Waals surface area contributed by atoms with Crippen molar-refractivity contribution in [3.8, 4) is 0 Å². The number of rotatable bonds is 3. The highest BCUT2D eigenvalue weighted by Gasteiger charge is 2.35. The molecule has 2 atom stereocenters. The first-order valence-electron chi connectivity index (χ1n) is 5.47. The summed E-state index contributed by atoms with van der Waals surface area (Å²) in [7, 11) is 0. The van der Waals surface area contributed by atoms with Crippen molar-refractivity contribution in [2.24, 2.45) is 5.41 Å². The van der Waals surface area contributed by atoms with Crippen LogP contribution in [0.4, 0.5) is 0 Å². The third-order valence-electron chi connectivity index (χ3n) is 2.62. The molecule has 5 nitrogen and oxygen atoms in total. The fourth-order valence-corrected chi connectivity index (χ4v) is 1.67. The van der Waals surface area contributed by atoms with Crippen molar-refractivity contribution < 1.29 is 19.4 Å². The van der Waals surface area contributed by atoms with E-state index in [0.29, 0.717) is 13.0 Å². The number of carboxylic acid groups (broad SMARTS) is 1. The Morgan fingerprint density at radius 2 is 2.06 bits per heavy atom. The van der Waals surface area contributed by atoms with Crippen LogP contribution in [0.1, 0.15) is 33.6 Å². The molecular weight excluding hydrogens is 210 g/mol. The van der Waals surface area contributed by atoms with Gasteiger partial charge in [0.25, 0.3) is 0 Å². The smallest absolute Gasteiger partial charge is 0.326 e. The lowest BCUT2D eigenvalue weighted by atomic mass is 9.86. The van der Waals surface area contributed by atoms with Gasteiger partial charge in [-0.05, 0) is 18.3 Å². The van der Waals surface area contributed by atoms with E-state index in [9.17, 15) is 9.59 Å². The first-order valence-corrected chi connectivity index (χ1v) is 5.47. The van der Waals surface area contributed by atoms with Crippen molar-refractivity contribution in [2.45, 2.75) is 45.8 Å². The van der Waals surface area contributed by atoms with Crippen LogP contribution < -0.4 is 5.32 Å². The molecule has 1 rings (SSSR count). The molecule has 1 saturated heterocycles. The van der Waals surface area contributed by atoms with Gasteiger partial charge in [0.1, 0.15) is 12.1 Å². The van der Waals surface area contributed by atoms with Crippen LogP contribution in [0.25, 0.3) is 0 Å². The largest absolute Gasteiger partial charge is 0.480 e. The van der Waals surface area contributed by atoms with E-state index in [2.05, 4.69) is 5.32 Å². The molecule has 1 amide bonds. The Bertz CT molecular complexity index is 276. The van der Waals surface area contributed by atoms with E-state index in [-0.39, 0.29) is 5.91 Å². The lowest BCUT2D eigenvalue weighted by Crippen LogP contribution is -2.51. The van der Waals surface area contributed by atoms with Crippen molar-refractivity contribution in [1.29, 1.82) is 0 Å². The van der Waals surface area contributed by atoms with Crippen LogP contribution in [0.15, 0.2) is 0 Å². The zero-order valence-corrected chi connectivity index (χ0v) is 9.95. The molecule has 0 aromatic rings. The third-order valence-corrected chi connectivity index (χ3v) is 2.62. The number of carboxylic acids is 1. The molecule has 5 heteroatoms. The Hall–Kier alpha value is -1.10. The molecule has 1 fully saturated rings. The second-order valence-electron chi connectivity index (χ2n) is 5.15.